The Labute approximate surface area is 155 Å². The largest absolute Gasteiger partial charge is 0.350 e. The quantitative estimate of drug-likeness (QED) is 0.807. The van der Waals surface area contributed by atoms with Crippen molar-refractivity contribution in [2.45, 2.75) is 19.5 Å². The number of halogens is 3. The van der Waals surface area contributed by atoms with E-state index in [1.165, 1.54) is 6.92 Å². The molecule has 0 fully saturated rings. The van der Waals surface area contributed by atoms with Crippen LogP contribution in [-0.4, -0.2) is 26.6 Å². The van der Waals surface area contributed by atoms with Gasteiger partial charge in [-0.25, -0.2) is 17.2 Å². The molecule has 140 valence electrons. The zero-order valence-corrected chi connectivity index (χ0v) is 15.6. The summed E-state index contributed by atoms with van der Waals surface area (Å²) < 4.78 is 51.6. The van der Waals surface area contributed by atoms with Crippen LogP contribution in [0, 0.1) is 11.6 Å². The van der Waals surface area contributed by atoms with Gasteiger partial charge in [-0.2, -0.15) is 0 Å². The minimum Gasteiger partial charge on any atom is -0.350 e. The molecule has 0 aliphatic heterocycles. The first-order chi connectivity index (χ1) is 12.1. The van der Waals surface area contributed by atoms with Crippen molar-refractivity contribution in [1.29, 1.82) is 0 Å². The highest BCUT2D eigenvalue weighted by atomic mass is 35.5. The molecule has 1 atom stereocenters. The van der Waals surface area contributed by atoms with Gasteiger partial charge < -0.3 is 5.32 Å². The van der Waals surface area contributed by atoms with E-state index in [4.69, 9.17) is 11.6 Å². The topological polar surface area (TPSA) is 66.5 Å². The van der Waals surface area contributed by atoms with Crippen LogP contribution in [-0.2, 0) is 21.4 Å². The fourth-order valence-corrected chi connectivity index (χ4v) is 3.66. The average molecular weight is 403 g/mol. The number of amides is 1. The van der Waals surface area contributed by atoms with E-state index >= 15 is 0 Å². The van der Waals surface area contributed by atoms with E-state index < -0.39 is 33.6 Å². The summed E-state index contributed by atoms with van der Waals surface area (Å²) in [6.45, 7) is 1.52. The monoisotopic (exact) mass is 402 g/mol. The standard InChI is InChI=1S/C17H17ClF2N2O3S/c1-11(17(23)21-10-12-3-5-13(18)6-4-12)22(26(2,24)25)14-7-8-15(19)16(20)9-14/h3-9,11H,10H2,1-2H3,(H,21,23)/t11-/m0/s1. The summed E-state index contributed by atoms with van der Waals surface area (Å²) in [5.41, 5.74) is 0.634. The predicted molar refractivity (Wildman–Crippen MR) is 96.4 cm³/mol. The first-order valence-electron chi connectivity index (χ1n) is 7.56. The van der Waals surface area contributed by atoms with Crippen LogP contribution >= 0.6 is 11.6 Å². The number of hydrogen-bond donors (Lipinski definition) is 1. The van der Waals surface area contributed by atoms with Gasteiger partial charge in [0.05, 0.1) is 11.9 Å². The molecule has 2 aromatic rings. The summed E-state index contributed by atoms with van der Waals surface area (Å²) >= 11 is 5.79. The van der Waals surface area contributed by atoms with Crippen molar-refractivity contribution in [3.8, 4) is 0 Å². The molecule has 5 nitrogen and oxygen atoms in total. The van der Waals surface area contributed by atoms with Crippen LogP contribution in [0.15, 0.2) is 42.5 Å². The van der Waals surface area contributed by atoms with E-state index in [1.54, 1.807) is 24.3 Å². The zero-order chi connectivity index (χ0) is 19.5. The number of benzene rings is 2. The van der Waals surface area contributed by atoms with Crippen molar-refractivity contribution in [1.82, 2.24) is 5.32 Å². The average Bonchev–Trinajstić information content (AvgIpc) is 2.56. The molecule has 0 bridgehead atoms. The number of rotatable bonds is 6. The molecule has 0 radical (unpaired) electrons. The predicted octanol–water partition coefficient (Wildman–Crippen LogP) is 3.09. The Morgan fingerprint density at radius 1 is 1.15 bits per heavy atom. The van der Waals surface area contributed by atoms with Gasteiger partial charge in [-0.1, -0.05) is 23.7 Å². The van der Waals surface area contributed by atoms with Crippen LogP contribution < -0.4 is 9.62 Å². The van der Waals surface area contributed by atoms with Gasteiger partial charge in [0.15, 0.2) is 11.6 Å². The molecule has 0 aliphatic rings. The number of sulfonamides is 1. The third kappa shape index (κ3) is 4.92. The van der Waals surface area contributed by atoms with Crippen LogP contribution in [0.4, 0.5) is 14.5 Å². The van der Waals surface area contributed by atoms with Crippen LogP contribution in [0.5, 0.6) is 0 Å². The number of anilines is 1. The fourth-order valence-electron chi connectivity index (χ4n) is 2.37. The Morgan fingerprint density at radius 2 is 1.77 bits per heavy atom. The summed E-state index contributed by atoms with van der Waals surface area (Å²) in [4.78, 5) is 12.4. The zero-order valence-electron chi connectivity index (χ0n) is 14.0. The summed E-state index contributed by atoms with van der Waals surface area (Å²) in [6.07, 6.45) is 0.886. The molecule has 0 aromatic heterocycles. The molecule has 1 N–H and O–H groups in total. The summed E-state index contributed by atoms with van der Waals surface area (Å²) in [6, 6.07) is 8.24. The SMILES string of the molecule is C[C@@H](C(=O)NCc1ccc(Cl)cc1)N(c1ccc(F)c(F)c1)S(C)(=O)=O. The van der Waals surface area contributed by atoms with Crippen LogP contribution in [0.2, 0.25) is 5.02 Å². The lowest BCUT2D eigenvalue weighted by molar-refractivity contribution is -0.122. The van der Waals surface area contributed by atoms with Crippen molar-refractivity contribution in [3.63, 3.8) is 0 Å². The van der Waals surface area contributed by atoms with Crippen molar-refractivity contribution in [3.05, 3.63) is 64.7 Å². The maximum atomic E-state index is 13.5. The fraction of sp³-hybridized carbons (Fsp3) is 0.235. The van der Waals surface area contributed by atoms with E-state index in [0.29, 0.717) is 5.02 Å². The molecular weight excluding hydrogens is 386 g/mol. The second-order valence-electron chi connectivity index (χ2n) is 5.68. The highest BCUT2D eigenvalue weighted by molar-refractivity contribution is 7.92. The maximum Gasteiger partial charge on any atom is 0.243 e. The number of hydrogen-bond acceptors (Lipinski definition) is 3. The molecule has 0 unspecified atom stereocenters. The minimum atomic E-state index is -3.91. The number of carbonyl (C=O) groups is 1. The first-order valence-corrected chi connectivity index (χ1v) is 9.79. The number of nitrogens with zero attached hydrogens (tertiary/aromatic N) is 1. The normalized spacial score (nSPS) is 12.5. The first kappa shape index (κ1) is 20.1. The van der Waals surface area contributed by atoms with Gasteiger partial charge in [0.25, 0.3) is 0 Å². The molecule has 0 aliphatic carbocycles. The van der Waals surface area contributed by atoms with E-state index in [0.717, 1.165) is 34.3 Å². The molecule has 0 spiro atoms. The van der Waals surface area contributed by atoms with Gasteiger partial charge in [0.2, 0.25) is 15.9 Å². The van der Waals surface area contributed by atoms with Crippen molar-refractivity contribution in [2.24, 2.45) is 0 Å². The Kier molecular flexibility index (Phi) is 6.20. The van der Waals surface area contributed by atoms with Gasteiger partial charge in [-0.3, -0.25) is 9.10 Å². The van der Waals surface area contributed by atoms with Gasteiger partial charge in [0.1, 0.15) is 6.04 Å². The lowest BCUT2D eigenvalue weighted by Gasteiger charge is -2.28. The Bertz CT molecular complexity index is 905. The van der Waals surface area contributed by atoms with Crippen molar-refractivity contribution < 1.29 is 22.0 Å². The second-order valence-corrected chi connectivity index (χ2v) is 7.97. The summed E-state index contributed by atoms with van der Waals surface area (Å²) in [5, 5.41) is 3.16. The Morgan fingerprint density at radius 3 is 2.31 bits per heavy atom. The second kappa shape index (κ2) is 8.01. The van der Waals surface area contributed by atoms with E-state index in [1.807, 2.05) is 0 Å². The lowest BCUT2D eigenvalue weighted by Crippen LogP contribution is -2.47. The molecule has 2 aromatic carbocycles. The Balaban J connectivity index is 2.20. The third-order valence-corrected chi connectivity index (χ3v) is 5.12. The van der Waals surface area contributed by atoms with E-state index in [-0.39, 0.29) is 12.2 Å². The van der Waals surface area contributed by atoms with E-state index in [9.17, 15) is 22.0 Å². The molecule has 0 heterocycles. The summed E-state index contributed by atoms with van der Waals surface area (Å²) in [5.74, 6) is -2.90. The molecule has 1 amide bonds. The van der Waals surface area contributed by atoms with E-state index in [2.05, 4.69) is 5.32 Å². The lowest BCUT2D eigenvalue weighted by atomic mass is 10.2. The highest BCUT2D eigenvalue weighted by Crippen LogP contribution is 2.23. The van der Waals surface area contributed by atoms with Crippen molar-refractivity contribution >= 4 is 33.2 Å². The highest BCUT2D eigenvalue weighted by Gasteiger charge is 2.29. The Hall–Kier alpha value is -2.19. The van der Waals surface area contributed by atoms with Gasteiger partial charge in [-0.05, 0) is 36.8 Å². The van der Waals surface area contributed by atoms with Crippen LogP contribution in [0.3, 0.4) is 0 Å². The van der Waals surface area contributed by atoms with Crippen LogP contribution in [0.1, 0.15) is 12.5 Å². The molecule has 0 saturated carbocycles. The molecule has 0 saturated heterocycles. The molecule has 2 rings (SSSR count). The molecule has 26 heavy (non-hydrogen) atoms. The third-order valence-electron chi connectivity index (χ3n) is 3.63. The summed E-state index contributed by atoms with van der Waals surface area (Å²) in [7, 11) is -3.91. The smallest absolute Gasteiger partial charge is 0.243 e. The number of nitrogens with one attached hydrogen (secondary N) is 1. The molecular formula is C17H17ClF2N2O3S. The van der Waals surface area contributed by atoms with Crippen LogP contribution in [0.25, 0.3) is 0 Å². The van der Waals surface area contributed by atoms with Gasteiger partial charge >= 0.3 is 0 Å². The van der Waals surface area contributed by atoms with Crippen molar-refractivity contribution in [2.75, 3.05) is 10.6 Å². The van der Waals surface area contributed by atoms with Gasteiger partial charge in [0, 0.05) is 17.6 Å². The van der Waals surface area contributed by atoms with Gasteiger partial charge in [-0.15, -0.1) is 0 Å². The number of carbonyl (C=O) groups excluding carboxylic acids is 1. The molecule has 9 heteroatoms. The maximum absolute atomic E-state index is 13.5. The minimum absolute atomic E-state index is 0.138.